The van der Waals surface area contributed by atoms with Crippen LogP contribution in [0.15, 0.2) is 28.9 Å². The Balaban J connectivity index is 2.22. The van der Waals surface area contributed by atoms with E-state index in [1.807, 2.05) is 17.7 Å². The molecule has 1 N–H and O–H groups in total. The van der Waals surface area contributed by atoms with Crippen LogP contribution in [-0.2, 0) is 11.3 Å². The molecule has 1 aromatic heterocycles. The minimum absolute atomic E-state index is 0.326. The van der Waals surface area contributed by atoms with Crippen molar-refractivity contribution in [2.45, 2.75) is 13.5 Å². The van der Waals surface area contributed by atoms with E-state index >= 15 is 0 Å². The molecule has 0 radical (unpaired) electrons. The number of hydrogen-bond donors (Lipinski definition) is 1. The summed E-state index contributed by atoms with van der Waals surface area (Å²) in [5, 5.41) is 3.00. The lowest BCUT2D eigenvalue weighted by molar-refractivity contribution is 0.188. The highest BCUT2D eigenvalue weighted by molar-refractivity contribution is 9.10. The second-order valence-electron chi connectivity index (χ2n) is 4.14. The van der Waals surface area contributed by atoms with Gasteiger partial charge in [-0.25, -0.2) is 9.37 Å². The Hall–Kier alpha value is -1.40. The predicted octanol–water partition coefficient (Wildman–Crippen LogP) is 3.48. The molecule has 0 aliphatic heterocycles. The van der Waals surface area contributed by atoms with Crippen molar-refractivity contribution < 1.29 is 9.13 Å². The van der Waals surface area contributed by atoms with E-state index in [-0.39, 0.29) is 5.82 Å². The molecule has 0 saturated carbocycles. The number of benzene rings is 1. The second-order valence-corrected chi connectivity index (χ2v) is 5.06. The van der Waals surface area contributed by atoms with E-state index in [1.54, 1.807) is 19.2 Å². The van der Waals surface area contributed by atoms with E-state index in [0.717, 1.165) is 5.69 Å². The number of imidazole rings is 1. The molecule has 0 unspecified atom stereocenters. The molecule has 6 heteroatoms. The predicted molar refractivity (Wildman–Crippen MR) is 76.2 cm³/mol. The van der Waals surface area contributed by atoms with Gasteiger partial charge in [0.2, 0.25) is 5.95 Å². The van der Waals surface area contributed by atoms with Crippen molar-refractivity contribution in [3.05, 3.63) is 40.4 Å². The van der Waals surface area contributed by atoms with E-state index in [4.69, 9.17) is 4.74 Å². The normalized spacial score (nSPS) is 10.7. The molecule has 2 rings (SSSR count). The second kappa shape index (κ2) is 6.16. The lowest BCUT2D eigenvalue weighted by atomic mass is 10.3. The molecule has 0 saturated heterocycles. The first-order valence-electron chi connectivity index (χ1n) is 5.85. The SMILES string of the molecule is COCCn1cc(C)nc1Nc1ccc(Br)cc1F. The topological polar surface area (TPSA) is 39.1 Å². The molecule has 0 fully saturated rings. The highest BCUT2D eigenvalue weighted by Gasteiger charge is 2.09. The summed E-state index contributed by atoms with van der Waals surface area (Å²) in [6.45, 7) is 3.14. The summed E-state index contributed by atoms with van der Waals surface area (Å²) in [5.74, 6) is 0.282. The van der Waals surface area contributed by atoms with Crippen LogP contribution in [0.2, 0.25) is 0 Å². The van der Waals surface area contributed by atoms with Gasteiger partial charge >= 0.3 is 0 Å². The molecule has 0 bridgehead atoms. The Morgan fingerprint density at radius 2 is 2.26 bits per heavy atom. The number of methoxy groups -OCH3 is 1. The highest BCUT2D eigenvalue weighted by Crippen LogP contribution is 2.23. The Bertz CT molecular complexity index is 571. The Labute approximate surface area is 119 Å². The number of ether oxygens (including phenoxy) is 1. The lowest BCUT2D eigenvalue weighted by Crippen LogP contribution is -2.07. The number of hydrogen-bond acceptors (Lipinski definition) is 3. The van der Waals surface area contributed by atoms with Crippen molar-refractivity contribution in [3.63, 3.8) is 0 Å². The van der Waals surface area contributed by atoms with Gasteiger partial charge in [0.15, 0.2) is 0 Å². The summed E-state index contributed by atoms with van der Waals surface area (Å²) in [6.07, 6.45) is 1.90. The number of aromatic nitrogens is 2. The maximum atomic E-state index is 13.8. The maximum Gasteiger partial charge on any atom is 0.207 e. The summed E-state index contributed by atoms with van der Waals surface area (Å²) in [4.78, 5) is 4.34. The van der Waals surface area contributed by atoms with Gasteiger partial charge in [0.05, 0.1) is 18.0 Å². The van der Waals surface area contributed by atoms with Gasteiger partial charge in [-0.1, -0.05) is 15.9 Å². The molecule has 2 aromatic rings. The first-order chi connectivity index (χ1) is 9.10. The molecule has 0 spiro atoms. The first kappa shape index (κ1) is 14.0. The largest absolute Gasteiger partial charge is 0.383 e. The fourth-order valence-electron chi connectivity index (χ4n) is 1.72. The lowest BCUT2D eigenvalue weighted by Gasteiger charge is -2.10. The molecule has 102 valence electrons. The van der Waals surface area contributed by atoms with E-state index in [9.17, 15) is 4.39 Å². The third-order valence-electron chi connectivity index (χ3n) is 2.61. The fraction of sp³-hybridized carbons (Fsp3) is 0.308. The van der Waals surface area contributed by atoms with Crippen LogP contribution in [0.4, 0.5) is 16.0 Å². The third-order valence-corrected chi connectivity index (χ3v) is 3.10. The van der Waals surface area contributed by atoms with Crippen LogP contribution in [0, 0.1) is 12.7 Å². The van der Waals surface area contributed by atoms with Gasteiger partial charge in [0.1, 0.15) is 5.82 Å². The molecule has 0 aliphatic rings. The average Bonchev–Trinajstić information content (AvgIpc) is 2.70. The minimum atomic E-state index is -0.326. The first-order valence-corrected chi connectivity index (χ1v) is 6.64. The minimum Gasteiger partial charge on any atom is -0.383 e. The summed E-state index contributed by atoms with van der Waals surface area (Å²) in [7, 11) is 1.64. The number of anilines is 2. The van der Waals surface area contributed by atoms with Crippen molar-refractivity contribution in [1.29, 1.82) is 0 Å². The number of nitrogens with one attached hydrogen (secondary N) is 1. The van der Waals surface area contributed by atoms with E-state index in [0.29, 0.717) is 29.3 Å². The van der Waals surface area contributed by atoms with E-state index in [2.05, 4.69) is 26.2 Å². The van der Waals surface area contributed by atoms with Crippen LogP contribution in [0.1, 0.15) is 5.69 Å². The van der Waals surface area contributed by atoms with Crippen molar-refractivity contribution in [2.24, 2.45) is 0 Å². The van der Waals surface area contributed by atoms with Gasteiger partial charge < -0.3 is 14.6 Å². The van der Waals surface area contributed by atoms with Gasteiger partial charge in [-0.2, -0.15) is 0 Å². The zero-order valence-electron chi connectivity index (χ0n) is 10.8. The quantitative estimate of drug-likeness (QED) is 0.913. The van der Waals surface area contributed by atoms with Crippen LogP contribution < -0.4 is 5.32 Å². The van der Waals surface area contributed by atoms with Gasteiger partial charge in [-0.05, 0) is 25.1 Å². The molecule has 0 amide bonds. The average molecular weight is 328 g/mol. The summed E-state index contributed by atoms with van der Waals surface area (Å²) in [5.41, 5.74) is 1.27. The highest BCUT2D eigenvalue weighted by atomic mass is 79.9. The zero-order chi connectivity index (χ0) is 13.8. The van der Waals surface area contributed by atoms with Gasteiger partial charge in [0.25, 0.3) is 0 Å². The number of nitrogens with zero attached hydrogens (tertiary/aromatic N) is 2. The summed E-state index contributed by atoms with van der Waals surface area (Å²) < 4.78 is 21.4. The smallest absolute Gasteiger partial charge is 0.207 e. The summed E-state index contributed by atoms with van der Waals surface area (Å²) >= 11 is 3.23. The van der Waals surface area contributed by atoms with Gasteiger partial charge in [0, 0.05) is 24.3 Å². The van der Waals surface area contributed by atoms with Gasteiger partial charge in [-0.3, -0.25) is 0 Å². The molecule has 0 aliphatic carbocycles. The molecule has 4 nitrogen and oxygen atoms in total. The van der Waals surface area contributed by atoms with Crippen LogP contribution >= 0.6 is 15.9 Å². The van der Waals surface area contributed by atoms with Crippen LogP contribution in [0.25, 0.3) is 0 Å². The van der Waals surface area contributed by atoms with Crippen LogP contribution in [0.3, 0.4) is 0 Å². The van der Waals surface area contributed by atoms with E-state index < -0.39 is 0 Å². The number of aryl methyl sites for hydroxylation is 1. The fourth-order valence-corrected chi connectivity index (χ4v) is 2.05. The van der Waals surface area contributed by atoms with Crippen molar-refractivity contribution in [1.82, 2.24) is 9.55 Å². The zero-order valence-corrected chi connectivity index (χ0v) is 12.4. The third kappa shape index (κ3) is 3.54. The molecule has 1 aromatic carbocycles. The van der Waals surface area contributed by atoms with Crippen molar-refractivity contribution in [2.75, 3.05) is 19.0 Å². The standard InChI is InChI=1S/C13H15BrFN3O/c1-9-8-18(5-6-19-2)13(16-9)17-12-4-3-10(14)7-11(12)15/h3-4,7-8H,5-6H2,1-2H3,(H,16,17). The van der Waals surface area contributed by atoms with Crippen LogP contribution in [0.5, 0.6) is 0 Å². The van der Waals surface area contributed by atoms with Crippen LogP contribution in [-0.4, -0.2) is 23.3 Å². The number of halogens is 2. The number of rotatable bonds is 5. The molecular weight excluding hydrogens is 313 g/mol. The van der Waals surface area contributed by atoms with E-state index in [1.165, 1.54) is 6.07 Å². The maximum absolute atomic E-state index is 13.8. The van der Waals surface area contributed by atoms with Crippen molar-refractivity contribution in [3.8, 4) is 0 Å². The molecular formula is C13H15BrFN3O. The molecule has 1 heterocycles. The Kier molecular flexibility index (Phi) is 4.55. The van der Waals surface area contributed by atoms with Crippen molar-refractivity contribution >= 4 is 27.6 Å². The van der Waals surface area contributed by atoms with Gasteiger partial charge in [-0.15, -0.1) is 0 Å². The monoisotopic (exact) mass is 327 g/mol. The molecule has 0 atom stereocenters. The molecule has 19 heavy (non-hydrogen) atoms. The summed E-state index contributed by atoms with van der Waals surface area (Å²) in [6, 6.07) is 4.86. The Morgan fingerprint density at radius 3 is 2.95 bits per heavy atom. The Morgan fingerprint density at radius 1 is 1.47 bits per heavy atom.